The highest BCUT2D eigenvalue weighted by Crippen LogP contribution is 2.19. The number of hydrogen-bond donors (Lipinski definition) is 1. The van der Waals surface area contributed by atoms with Gasteiger partial charge in [-0.15, -0.1) is 0 Å². The second kappa shape index (κ2) is 6.79. The molecule has 17 heavy (non-hydrogen) atoms. The van der Waals surface area contributed by atoms with Crippen LogP contribution in [0.3, 0.4) is 0 Å². The van der Waals surface area contributed by atoms with Gasteiger partial charge in [-0.25, -0.2) is 0 Å². The average molecular weight is 239 g/mol. The van der Waals surface area contributed by atoms with Crippen molar-refractivity contribution in [2.45, 2.75) is 38.5 Å². The average Bonchev–Trinajstić information content (AvgIpc) is 3.06. The van der Waals surface area contributed by atoms with E-state index in [1.54, 1.807) is 7.11 Å². The second-order valence-corrected chi connectivity index (χ2v) is 4.42. The van der Waals surface area contributed by atoms with Crippen molar-refractivity contribution in [3.8, 4) is 0 Å². The molecule has 2 rings (SSSR count). The molecule has 1 aromatic heterocycles. The highest BCUT2D eigenvalue weighted by molar-refractivity contribution is 5.06. The van der Waals surface area contributed by atoms with E-state index in [0.717, 1.165) is 31.1 Å². The molecule has 1 aliphatic carbocycles. The molecule has 1 saturated carbocycles. The van der Waals surface area contributed by atoms with E-state index in [9.17, 15) is 0 Å². The van der Waals surface area contributed by atoms with Gasteiger partial charge in [0.25, 0.3) is 0 Å². The van der Waals surface area contributed by atoms with E-state index in [2.05, 4.69) is 5.32 Å². The Labute approximate surface area is 102 Å². The number of methoxy groups -OCH3 is 1. The molecule has 1 aliphatic rings. The summed E-state index contributed by atoms with van der Waals surface area (Å²) < 4.78 is 16.1. The third-order valence-corrected chi connectivity index (χ3v) is 2.74. The molecule has 0 radical (unpaired) electrons. The SMILES string of the molecule is COCCCOCc1ccc(CNC2CC2)o1. The highest BCUT2D eigenvalue weighted by atomic mass is 16.5. The number of rotatable bonds is 9. The van der Waals surface area contributed by atoms with Crippen LogP contribution < -0.4 is 5.32 Å². The summed E-state index contributed by atoms with van der Waals surface area (Å²) in [5.41, 5.74) is 0. The minimum absolute atomic E-state index is 0.549. The first-order valence-electron chi connectivity index (χ1n) is 6.26. The zero-order valence-electron chi connectivity index (χ0n) is 10.4. The van der Waals surface area contributed by atoms with Gasteiger partial charge in [-0.3, -0.25) is 0 Å². The summed E-state index contributed by atoms with van der Waals surface area (Å²) in [7, 11) is 1.70. The molecule has 1 N–H and O–H groups in total. The molecular weight excluding hydrogens is 218 g/mol. The van der Waals surface area contributed by atoms with Crippen molar-refractivity contribution in [2.24, 2.45) is 0 Å². The van der Waals surface area contributed by atoms with Crippen molar-refractivity contribution in [1.82, 2.24) is 5.32 Å². The molecule has 4 heteroatoms. The van der Waals surface area contributed by atoms with Crippen LogP contribution in [-0.4, -0.2) is 26.4 Å². The van der Waals surface area contributed by atoms with Gasteiger partial charge >= 0.3 is 0 Å². The van der Waals surface area contributed by atoms with E-state index >= 15 is 0 Å². The van der Waals surface area contributed by atoms with Crippen molar-refractivity contribution >= 4 is 0 Å². The van der Waals surface area contributed by atoms with Crippen LogP contribution in [0.1, 0.15) is 30.8 Å². The van der Waals surface area contributed by atoms with Gasteiger partial charge in [-0.1, -0.05) is 0 Å². The molecule has 0 atom stereocenters. The largest absolute Gasteiger partial charge is 0.462 e. The standard InChI is InChI=1S/C13H21NO3/c1-15-7-2-8-16-10-13-6-5-12(17-13)9-14-11-3-4-11/h5-6,11,14H,2-4,7-10H2,1H3. The number of nitrogens with one attached hydrogen (secondary N) is 1. The van der Waals surface area contributed by atoms with Gasteiger partial charge < -0.3 is 19.2 Å². The third kappa shape index (κ3) is 4.89. The minimum atomic E-state index is 0.549. The van der Waals surface area contributed by atoms with E-state index in [-0.39, 0.29) is 0 Å². The van der Waals surface area contributed by atoms with E-state index < -0.39 is 0 Å². The number of ether oxygens (including phenoxy) is 2. The van der Waals surface area contributed by atoms with Crippen LogP contribution in [0, 0.1) is 0 Å². The molecule has 4 nitrogen and oxygen atoms in total. The molecule has 0 aliphatic heterocycles. The fourth-order valence-electron chi connectivity index (χ4n) is 1.61. The fourth-order valence-corrected chi connectivity index (χ4v) is 1.61. The topological polar surface area (TPSA) is 43.6 Å². The Bertz CT molecular complexity index is 320. The van der Waals surface area contributed by atoms with E-state index in [4.69, 9.17) is 13.9 Å². The number of hydrogen-bond acceptors (Lipinski definition) is 4. The monoisotopic (exact) mass is 239 g/mol. The molecule has 96 valence electrons. The lowest BCUT2D eigenvalue weighted by atomic mass is 10.4. The van der Waals surface area contributed by atoms with Gasteiger partial charge in [-0.05, 0) is 31.4 Å². The predicted octanol–water partition coefficient (Wildman–Crippen LogP) is 2.08. The highest BCUT2D eigenvalue weighted by Gasteiger charge is 2.20. The van der Waals surface area contributed by atoms with Crippen LogP contribution >= 0.6 is 0 Å². The van der Waals surface area contributed by atoms with Gasteiger partial charge in [0.2, 0.25) is 0 Å². The normalized spacial score (nSPS) is 15.4. The third-order valence-electron chi connectivity index (χ3n) is 2.74. The summed E-state index contributed by atoms with van der Waals surface area (Å²) in [6.07, 6.45) is 3.53. The first kappa shape index (κ1) is 12.6. The van der Waals surface area contributed by atoms with Crippen LogP contribution in [0.4, 0.5) is 0 Å². The van der Waals surface area contributed by atoms with E-state index in [1.165, 1.54) is 12.8 Å². The maximum atomic E-state index is 5.65. The smallest absolute Gasteiger partial charge is 0.129 e. The van der Waals surface area contributed by atoms with Crippen LogP contribution in [0.25, 0.3) is 0 Å². The lowest BCUT2D eigenvalue weighted by molar-refractivity contribution is 0.0820. The maximum absolute atomic E-state index is 5.65. The molecule has 1 fully saturated rings. The summed E-state index contributed by atoms with van der Waals surface area (Å²) in [5.74, 6) is 1.89. The summed E-state index contributed by atoms with van der Waals surface area (Å²) in [4.78, 5) is 0. The molecule has 1 aromatic rings. The van der Waals surface area contributed by atoms with Crippen molar-refractivity contribution in [3.63, 3.8) is 0 Å². The zero-order valence-corrected chi connectivity index (χ0v) is 10.4. The van der Waals surface area contributed by atoms with Crippen LogP contribution in [-0.2, 0) is 22.6 Å². The summed E-state index contributed by atoms with van der Waals surface area (Å²) in [6.45, 7) is 2.83. The van der Waals surface area contributed by atoms with Crippen molar-refractivity contribution < 1.29 is 13.9 Å². The Kier molecular flexibility index (Phi) is 5.04. The van der Waals surface area contributed by atoms with Crippen molar-refractivity contribution in [3.05, 3.63) is 23.7 Å². The molecule has 0 spiro atoms. The Morgan fingerprint density at radius 2 is 2.12 bits per heavy atom. The van der Waals surface area contributed by atoms with Crippen LogP contribution in [0.5, 0.6) is 0 Å². The maximum Gasteiger partial charge on any atom is 0.129 e. The van der Waals surface area contributed by atoms with Gasteiger partial charge in [0.1, 0.15) is 18.1 Å². The summed E-state index contributed by atoms with van der Waals surface area (Å²) in [6, 6.07) is 4.72. The molecule has 0 unspecified atom stereocenters. The van der Waals surface area contributed by atoms with Crippen molar-refractivity contribution in [1.29, 1.82) is 0 Å². The Hall–Kier alpha value is -0.840. The summed E-state index contributed by atoms with van der Waals surface area (Å²) >= 11 is 0. The Balaban J connectivity index is 1.59. The molecule has 0 aromatic carbocycles. The second-order valence-electron chi connectivity index (χ2n) is 4.42. The molecule has 0 amide bonds. The Morgan fingerprint density at radius 1 is 1.29 bits per heavy atom. The molecular formula is C13H21NO3. The summed E-state index contributed by atoms with van der Waals surface area (Å²) in [5, 5.41) is 3.42. The molecule has 0 saturated heterocycles. The van der Waals surface area contributed by atoms with E-state index in [0.29, 0.717) is 19.3 Å². The van der Waals surface area contributed by atoms with Crippen LogP contribution in [0.15, 0.2) is 16.5 Å². The molecule has 1 heterocycles. The lowest BCUT2D eigenvalue weighted by Gasteiger charge is -2.02. The van der Waals surface area contributed by atoms with Crippen molar-refractivity contribution in [2.75, 3.05) is 20.3 Å². The predicted molar refractivity (Wildman–Crippen MR) is 64.7 cm³/mol. The van der Waals surface area contributed by atoms with Crippen LogP contribution in [0.2, 0.25) is 0 Å². The Morgan fingerprint density at radius 3 is 2.88 bits per heavy atom. The quantitative estimate of drug-likeness (QED) is 0.670. The van der Waals surface area contributed by atoms with Gasteiger partial charge in [0.05, 0.1) is 6.54 Å². The zero-order chi connectivity index (χ0) is 11.9. The van der Waals surface area contributed by atoms with Gasteiger partial charge in [-0.2, -0.15) is 0 Å². The first-order chi connectivity index (χ1) is 8.38. The number of furan rings is 1. The minimum Gasteiger partial charge on any atom is -0.462 e. The lowest BCUT2D eigenvalue weighted by Crippen LogP contribution is -2.14. The fraction of sp³-hybridized carbons (Fsp3) is 0.692. The van der Waals surface area contributed by atoms with Gasteiger partial charge in [0.15, 0.2) is 0 Å². The van der Waals surface area contributed by atoms with E-state index in [1.807, 2.05) is 12.1 Å². The first-order valence-corrected chi connectivity index (χ1v) is 6.26. The van der Waals surface area contributed by atoms with Gasteiger partial charge in [0, 0.05) is 26.4 Å². The molecule has 0 bridgehead atoms.